The number of hydrogen-bond donors (Lipinski definition) is 1. The van der Waals surface area contributed by atoms with Crippen LogP contribution in [-0.4, -0.2) is 88.5 Å². The summed E-state index contributed by atoms with van der Waals surface area (Å²) in [6.45, 7) is 7.09. The SMILES string of the molecule is O=C(CN(CCN1CCCC1)C1CCC(Nc2ncnc3sc4c(c23)CCC4)CC1)N1CCCC1. The predicted molar refractivity (Wildman–Crippen MR) is 142 cm³/mol. The zero-order valence-corrected chi connectivity index (χ0v) is 21.8. The Morgan fingerprint density at radius 3 is 2.57 bits per heavy atom. The molecule has 2 aliphatic carbocycles. The number of carbonyl (C=O) groups excluding carboxylic acids is 1. The predicted octanol–water partition coefficient (Wildman–Crippen LogP) is 3.92. The molecule has 0 spiro atoms. The monoisotopic (exact) mass is 496 g/mol. The summed E-state index contributed by atoms with van der Waals surface area (Å²) in [4.78, 5) is 32.2. The maximum Gasteiger partial charge on any atom is 0.236 e. The van der Waals surface area contributed by atoms with Crippen LogP contribution < -0.4 is 5.32 Å². The Hall–Kier alpha value is -1.77. The van der Waals surface area contributed by atoms with Crippen LogP contribution >= 0.6 is 11.3 Å². The van der Waals surface area contributed by atoms with E-state index in [1.54, 1.807) is 6.33 Å². The van der Waals surface area contributed by atoms with Crippen LogP contribution in [0.25, 0.3) is 10.2 Å². The van der Waals surface area contributed by atoms with Crippen molar-refractivity contribution < 1.29 is 4.79 Å². The van der Waals surface area contributed by atoms with E-state index >= 15 is 0 Å². The third-order valence-electron chi connectivity index (χ3n) is 8.75. The van der Waals surface area contributed by atoms with Crippen LogP contribution in [0.2, 0.25) is 0 Å². The maximum atomic E-state index is 13.0. The van der Waals surface area contributed by atoms with Crippen LogP contribution in [0, 0.1) is 0 Å². The summed E-state index contributed by atoms with van der Waals surface area (Å²) in [5.74, 6) is 1.40. The zero-order chi connectivity index (χ0) is 23.6. The third kappa shape index (κ3) is 5.20. The average molecular weight is 497 g/mol. The van der Waals surface area contributed by atoms with Gasteiger partial charge in [-0.3, -0.25) is 9.69 Å². The van der Waals surface area contributed by atoms with Gasteiger partial charge in [-0.05, 0) is 89.3 Å². The van der Waals surface area contributed by atoms with Gasteiger partial charge in [-0.15, -0.1) is 11.3 Å². The first-order chi connectivity index (χ1) is 17.2. The molecule has 8 heteroatoms. The molecule has 0 atom stereocenters. The number of nitrogens with zero attached hydrogens (tertiary/aromatic N) is 5. The summed E-state index contributed by atoms with van der Waals surface area (Å²) >= 11 is 1.86. The van der Waals surface area contributed by atoms with Gasteiger partial charge in [-0.1, -0.05) is 0 Å². The molecule has 3 fully saturated rings. The number of thiophene rings is 1. The summed E-state index contributed by atoms with van der Waals surface area (Å²) in [5.41, 5.74) is 1.50. The van der Waals surface area contributed by atoms with E-state index < -0.39 is 0 Å². The van der Waals surface area contributed by atoms with Crippen molar-refractivity contribution in [3.05, 3.63) is 16.8 Å². The van der Waals surface area contributed by atoms with Crippen molar-refractivity contribution in [2.75, 3.05) is 51.1 Å². The van der Waals surface area contributed by atoms with Gasteiger partial charge in [0.05, 0.1) is 11.9 Å². The van der Waals surface area contributed by atoms with Crippen molar-refractivity contribution in [3.8, 4) is 0 Å². The van der Waals surface area contributed by atoms with Crippen LogP contribution in [0.4, 0.5) is 5.82 Å². The molecule has 2 aromatic heterocycles. The summed E-state index contributed by atoms with van der Waals surface area (Å²) in [6.07, 6.45) is 14.9. The van der Waals surface area contributed by atoms with Gasteiger partial charge in [0.1, 0.15) is 17.0 Å². The zero-order valence-electron chi connectivity index (χ0n) is 21.0. The van der Waals surface area contributed by atoms with E-state index in [0.717, 1.165) is 62.5 Å². The molecule has 0 radical (unpaired) electrons. The number of aryl methyl sites for hydroxylation is 2. The molecule has 190 valence electrons. The fourth-order valence-electron chi connectivity index (χ4n) is 6.72. The Morgan fingerprint density at radius 1 is 1.00 bits per heavy atom. The second kappa shape index (κ2) is 10.7. The quantitative estimate of drug-likeness (QED) is 0.598. The highest BCUT2D eigenvalue weighted by atomic mass is 32.1. The lowest BCUT2D eigenvalue weighted by Gasteiger charge is -2.38. The third-order valence-corrected chi connectivity index (χ3v) is 9.95. The molecule has 35 heavy (non-hydrogen) atoms. The molecule has 2 aliphatic heterocycles. The Morgan fingerprint density at radius 2 is 1.77 bits per heavy atom. The van der Waals surface area contributed by atoms with Gasteiger partial charge in [0, 0.05) is 43.1 Å². The van der Waals surface area contributed by atoms with Crippen LogP contribution in [0.1, 0.15) is 68.2 Å². The molecule has 1 amide bonds. The number of fused-ring (bicyclic) bond motifs is 3. The molecule has 2 aromatic rings. The van der Waals surface area contributed by atoms with Gasteiger partial charge in [-0.25, -0.2) is 9.97 Å². The Labute approximate surface area is 213 Å². The van der Waals surface area contributed by atoms with Crippen molar-refractivity contribution in [2.24, 2.45) is 0 Å². The fraction of sp³-hybridized carbons (Fsp3) is 0.741. The second-order valence-electron chi connectivity index (χ2n) is 11.0. The van der Waals surface area contributed by atoms with E-state index in [1.165, 1.54) is 73.9 Å². The van der Waals surface area contributed by atoms with E-state index in [2.05, 4.69) is 30.0 Å². The molecule has 0 aromatic carbocycles. The lowest BCUT2D eigenvalue weighted by molar-refractivity contribution is -0.132. The number of likely N-dealkylation sites (tertiary alicyclic amines) is 2. The summed E-state index contributed by atoms with van der Waals surface area (Å²) in [5, 5.41) is 5.10. The van der Waals surface area contributed by atoms with Crippen molar-refractivity contribution in [1.29, 1.82) is 0 Å². The van der Waals surface area contributed by atoms with Gasteiger partial charge in [0.15, 0.2) is 0 Å². The lowest BCUT2D eigenvalue weighted by Crippen LogP contribution is -2.48. The lowest BCUT2D eigenvalue weighted by atomic mass is 9.90. The molecular weight excluding hydrogens is 456 g/mol. The number of nitrogens with one attached hydrogen (secondary N) is 1. The number of aromatic nitrogens is 2. The van der Waals surface area contributed by atoms with Gasteiger partial charge < -0.3 is 15.1 Å². The highest BCUT2D eigenvalue weighted by molar-refractivity contribution is 7.19. The number of anilines is 1. The van der Waals surface area contributed by atoms with Gasteiger partial charge in [-0.2, -0.15) is 0 Å². The highest BCUT2D eigenvalue weighted by Gasteiger charge is 2.30. The molecule has 1 saturated carbocycles. The van der Waals surface area contributed by atoms with E-state index in [4.69, 9.17) is 0 Å². The van der Waals surface area contributed by atoms with Crippen LogP contribution in [0.15, 0.2) is 6.33 Å². The van der Waals surface area contributed by atoms with Gasteiger partial charge in [0.25, 0.3) is 0 Å². The first-order valence-electron chi connectivity index (χ1n) is 14.0. The standard InChI is InChI=1S/C27H40N6OS/c34-24(32-14-3-4-15-32)18-33(17-16-31-12-1-2-13-31)21-10-8-20(9-11-21)30-26-25-22-6-5-7-23(22)35-27(25)29-19-28-26/h19-21H,1-18H2,(H,28,29,30). The van der Waals surface area contributed by atoms with E-state index in [0.29, 0.717) is 24.5 Å². The molecule has 0 unspecified atom stereocenters. The van der Waals surface area contributed by atoms with Crippen molar-refractivity contribution in [3.63, 3.8) is 0 Å². The van der Waals surface area contributed by atoms with Crippen molar-refractivity contribution in [2.45, 2.75) is 82.7 Å². The topological polar surface area (TPSA) is 64.6 Å². The van der Waals surface area contributed by atoms with Crippen LogP contribution in [0.5, 0.6) is 0 Å². The molecule has 4 heterocycles. The Kier molecular flexibility index (Phi) is 7.21. The second-order valence-corrected chi connectivity index (χ2v) is 12.1. The Bertz CT molecular complexity index is 1020. The molecule has 1 N–H and O–H groups in total. The number of rotatable bonds is 8. The number of hydrogen-bond acceptors (Lipinski definition) is 7. The molecule has 2 saturated heterocycles. The molecule has 4 aliphatic rings. The van der Waals surface area contributed by atoms with Gasteiger partial charge in [0.2, 0.25) is 5.91 Å². The largest absolute Gasteiger partial charge is 0.367 e. The van der Waals surface area contributed by atoms with Gasteiger partial charge >= 0.3 is 0 Å². The number of carbonyl (C=O) groups is 1. The first-order valence-corrected chi connectivity index (χ1v) is 14.8. The minimum atomic E-state index is 0.346. The van der Waals surface area contributed by atoms with Crippen molar-refractivity contribution >= 4 is 33.3 Å². The van der Waals surface area contributed by atoms with Crippen LogP contribution in [-0.2, 0) is 17.6 Å². The summed E-state index contributed by atoms with van der Waals surface area (Å²) in [6, 6.07) is 0.967. The highest BCUT2D eigenvalue weighted by Crippen LogP contribution is 2.39. The van der Waals surface area contributed by atoms with Crippen molar-refractivity contribution in [1.82, 2.24) is 24.7 Å². The van der Waals surface area contributed by atoms with E-state index in [9.17, 15) is 4.79 Å². The molecule has 7 nitrogen and oxygen atoms in total. The maximum absolute atomic E-state index is 13.0. The molecular formula is C27H40N6OS. The molecule has 6 rings (SSSR count). The number of amides is 1. The minimum absolute atomic E-state index is 0.346. The first kappa shape index (κ1) is 23.6. The van der Waals surface area contributed by atoms with Crippen LogP contribution in [0.3, 0.4) is 0 Å². The average Bonchev–Trinajstić information content (AvgIpc) is 3.67. The summed E-state index contributed by atoms with van der Waals surface area (Å²) < 4.78 is 0. The summed E-state index contributed by atoms with van der Waals surface area (Å²) in [7, 11) is 0. The molecule has 0 bridgehead atoms. The Balaban J connectivity index is 1.09. The fourth-order valence-corrected chi connectivity index (χ4v) is 7.95. The normalized spacial score (nSPS) is 25.1. The smallest absolute Gasteiger partial charge is 0.236 e. The van der Waals surface area contributed by atoms with E-state index in [1.807, 2.05) is 11.3 Å². The minimum Gasteiger partial charge on any atom is -0.367 e. The van der Waals surface area contributed by atoms with E-state index in [-0.39, 0.29) is 0 Å².